The van der Waals surface area contributed by atoms with E-state index in [0.717, 1.165) is 17.4 Å². The van der Waals surface area contributed by atoms with Crippen molar-refractivity contribution < 1.29 is 8.42 Å². The van der Waals surface area contributed by atoms with Gasteiger partial charge in [-0.1, -0.05) is 0 Å². The first-order valence-electron chi connectivity index (χ1n) is 6.67. The molecule has 1 saturated carbocycles. The summed E-state index contributed by atoms with van der Waals surface area (Å²) in [6.07, 6.45) is 7.24. The summed E-state index contributed by atoms with van der Waals surface area (Å²) in [4.78, 5) is 8.75. The summed E-state index contributed by atoms with van der Waals surface area (Å²) in [7, 11) is -3.23. The Kier molecular flexibility index (Phi) is 3.57. The molecule has 21 heavy (non-hydrogen) atoms. The lowest BCUT2D eigenvalue weighted by Crippen LogP contribution is -2.18. The summed E-state index contributed by atoms with van der Waals surface area (Å²) in [6.45, 7) is 0.837. The second-order valence-electron chi connectivity index (χ2n) is 5.41. The molecule has 1 fully saturated rings. The van der Waals surface area contributed by atoms with Crippen LogP contribution in [0.25, 0.3) is 10.9 Å². The number of nitrogens with zero attached hydrogens (tertiary/aromatic N) is 2. The van der Waals surface area contributed by atoms with E-state index in [9.17, 15) is 8.42 Å². The first-order chi connectivity index (χ1) is 9.93. The molecule has 112 valence electrons. The van der Waals surface area contributed by atoms with Crippen molar-refractivity contribution in [2.45, 2.75) is 22.5 Å². The van der Waals surface area contributed by atoms with Crippen LogP contribution in [0.1, 0.15) is 12.8 Å². The second kappa shape index (κ2) is 5.14. The lowest BCUT2D eigenvalue weighted by atomic mass is 10.2. The Balaban J connectivity index is 1.97. The SMILES string of the molecule is CSC1(CNc2ncnc3ccc(S(C)(=O)=O)cc23)CC1. The molecule has 0 unspecified atom stereocenters. The van der Waals surface area contributed by atoms with Gasteiger partial charge in [-0.25, -0.2) is 18.4 Å². The van der Waals surface area contributed by atoms with Crippen LogP contribution < -0.4 is 5.32 Å². The number of hydrogen-bond donors (Lipinski definition) is 1. The average molecular weight is 323 g/mol. The van der Waals surface area contributed by atoms with Crippen LogP contribution in [0.15, 0.2) is 29.4 Å². The third-order valence-electron chi connectivity index (χ3n) is 3.85. The van der Waals surface area contributed by atoms with Crippen molar-refractivity contribution in [2.75, 3.05) is 24.4 Å². The van der Waals surface area contributed by atoms with Crippen molar-refractivity contribution in [3.05, 3.63) is 24.5 Å². The zero-order valence-corrected chi connectivity index (χ0v) is 13.6. The minimum Gasteiger partial charge on any atom is -0.368 e. The molecule has 1 N–H and O–H groups in total. The number of nitrogens with one attached hydrogen (secondary N) is 1. The molecule has 0 spiro atoms. The fourth-order valence-electron chi connectivity index (χ4n) is 2.24. The van der Waals surface area contributed by atoms with E-state index in [0.29, 0.717) is 15.5 Å². The van der Waals surface area contributed by atoms with Gasteiger partial charge in [0.1, 0.15) is 12.1 Å². The molecular formula is C14H17N3O2S2. The summed E-state index contributed by atoms with van der Waals surface area (Å²) in [5.41, 5.74) is 0.744. The van der Waals surface area contributed by atoms with Crippen LogP contribution in [0.2, 0.25) is 0 Å². The molecule has 3 rings (SSSR count). The summed E-state index contributed by atoms with van der Waals surface area (Å²) >= 11 is 1.87. The summed E-state index contributed by atoms with van der Waals surface area (Å²) in [5, 5.41) is 4.10. The third-order valence-corrected chi connectivity index (χ3v) is 6.38. The van der Waals surface area contributed by atoms with Crippen molar-refractivity contribution in [1.29, 1.82) is 0 Å². The smallest absolute Gasteiger partial charge is 0.175 e. The maximum atomic E-state index is 11.7. The highest BCUT2D eigenvalue weighted by Gasteiger charge is 2.41. The molecular weight excluding hydrogens is 306 g/mol. The highest BCUT2D eigenvalue weighted by Crippen LogP contribution is 2.47. The lowest BCUT2D eigenvalue weighted by molar-refractivity contribution is 0.602. The first kappa shape index (κ1) is 14.6. The van der Waals surface area contributed by atoms with Gasteiger partial charge in [0.2, 0.25) is 0 Å². The van der Waals surface area contributed by atoms with Crippen molar-refractivity contribution in [1.82, 2.24) is 9.97 Å². The van der Waals surface area contributed by atoms with Gasteiger partial charge in [0.25, 0.3) is 0 Å². The lowest BCUT2D eigenvalue weighted by Gasteiger charge is -2.14. The molecule has 2 aromatic rings. The molecule has 0 amide bonds. The van der Waals surface area contributed by atoms with E-state index in [2.05, 4.69) is 21.5 Å². The molecule has 0 atom stereocenters. The van der Waals surface area contributed by atoms with Crippen molar-refractivity contribution in [3.8, 4) is 0 Å². The maximum absolute atomic E-state index is 11.7. The van der Waals surface area contributed by atoms with E-state index in [1.807, 2.05) is 11.8 Å². The predicted octanol–water partition coefficient (Wildman–Crippen LogP) is 2.34. The van der Waals surface area contributed by atoms with E-state index in [1.54, 1.807) is 18.2 Å². The topological polar surface area (TPSA) is 72.0 Å². The Hall–Kier alpha value is -1.34. The van der Waals surface area contributed by atoms with Gasteiger partial charge in [-0.3, -0.25) is 0 Å². The van der Waals surface area contributed by atoms with E-state index in [-0.39, 0.29) is 0 Å². The largest absolute Gasteiger partial charge is 0.368 e. The standard InChI is InChI=1S/C14H17N3O2S2/c1-20-14(5-6-14)8-15-13-11-7-10(21(2,18)19)3-4-12(11)16-9-17-13/h3-4,7,9H,5-6,8H2,1-2H3,(H,15,16,17). The van der Waals surface area contributed by atoms with E-state index in [4.69, 9.17) is 0 Å². The number of hydrogen-bond acceptors (Lipinski definition) is 6. The van der Waals surface area contributed by atoms with Gasteiger partial charge in [-0.15, -0.1) is 0 Å². The number of fused-ring (bicyclic) bond motifs is 1. The first-order valence-corrected chi connectivity index (χ1v) is 9.79. The number of thioether (sulfide) groups is 1. The van der Waals surface area contributed by atoms with Crippen molar-refractivity contribution in [3.63, 3.8) is 0 Å². The van der Waals surface area contributed by atoms with Crippen LogP contribution in [0, 0.1) is 0 Å². The quantitative estimate of drug-likeness (QED) is 0.910. The Morgan fingerprint density at radius 3 is 2.71 bits per heavy atom. The zero-order chi connectivity index (χ0) is 15.1. The van der Waals surface area contributed by atoms with Crippen molar-refractivity contribution in [2.24, 2.45) is 0 Å². The molecule has 1 aliphatic rings. The molecule has 0 saturated heterocycles. The molecule has 7 heteroatoms. The Bertz CT molecular complexity index is 786. The Morgan fingerprint density at radius 1 is 1.33 bits per heavy atom. The van der Waals surface area contributed by atoms with E-state index in [1.165, 1.54) is 25.4 Å². The highest BCUT2D eigenvalue weighted by atomic mass is 32.2. The van der Waals surface area contributed by atoms with Crippen LogP contribution in [0.4, 0.5) is 5.82 Å². The number of aromatic nitrogens is 2. The summed E-state index contributed by atoms with van der Waals surface area (Å²) < 4.78 is 23.7. The average Bonchev–Trinajstić information content (AvgIpc) is 3.24. The minimum atomic E-state index is -3.23. The molecule has 0 radical (unpaired) electrons. The molecule has 0 aliphatic heterocycles. The number of rotatable bonds is 5. The van der Waals surface area contributed by atoms with E-state index >= 15 is 0 Å². The van der Waals surface area contributed by atoms with Gasteiger partial charge < -0.3 is 5.32 Å². The summed E-state index contributed by atoms with van der Waals surface area (Å²) in [6, 6.07) is 4.95. The molecule has 5 nitrogen and oxygen atoms in total. The van der Waals surface area contributed by atoms with Gasteiger partial charge in [0.05, 0.1) is 10.4 Å². The Morgan fingerprint density at radius 2 is 2.10 bits per heavy atom. The monoisotopic (exact) mass is 323 g/mol. The predicted molar refractivity (Wildman–Crippen MR) is 86.6 cm³/mol. The zero-order valence-electron chi connectivity index (χ0n) is 12.0. The third kappa shape index (κ3) is 2.98. The molecule has 0 bridgehead atoms. The van der Waals surface area contributed by atoms with E-state index < -0.39 is 9.84 Å². The van der Waals surface area contributed by atoms with Gasteiger partial charge in [-0.2, -0.15) is 11.8 Å². The number of benzene rings is 1. The Labute approximate surface area is 128 Å². The van der Waals surface area contributed by atoms with Gasteiger partial charge in [0.15, 0.2) is 9.84 Å². The maximum Gasteiger partial charge on any atom is 0.175 e. The van der Waals surface area contributed by atoms with Gasteiger partial charge >= 0.3 is 0 Å². The van der Waals surface area contributed by atoms with Crippen LogP contribution in [-0.4, -0.2) is 42.2 Å². The fourth-order valence-corrected chi connectivity index (χ4v) is 3.62. The second-order valence-corrected chi connectivity index (χ2v) is 8.70. The van der Waals surface area contributed by atoms with Gasteiger partial charge in [-0.05, 0) is 37.3 Å². The van der Waals surface area contributed by atoms with Gasteiger partial charge in [0, 0.05) is 22.9 Å². The van der Waals surface area contributed by atoms with Crippen LogP contribution >= 0.6 is 11.8 Å². The summed E-state index contributed by atoms with van der Waals surface area (Å²) in [5.74, 6) is 0.700. The molecule has 1 aromatic carbocycles. The van der Waals surface area contributed by atoms with Crippen molar-refractivity contribution >= 4 is 38.3 Å². The van der Waals surface area contributed by atoms with Crippen LogP contribution in [-0.2, 0) is 9.84 Å². The fraction of sp³-hybridized carbons (Fsp3) is 0.429. The molecule has 1 aliphatic carbocycles. The molecule has 1 heterocycles. The molecule has 1 aromatic heterocycles. The number of sulfone groups is 1. The minimum absolute atomic E-state index is 0.291. The highest BCUT2D eigenvalue weighted by molar-refractivity contribution is 8.00. The van der Waals surface area contributed by atoms with Crippen LogP contribution in [0.5, 0.6) is 0 Å². The van der Waals surface area contributed by atoms with Crippen LogP contribution in [0.3, 0.4) is 0 Å². The normalized spacial score (nSPS) is 16.9. The number of anilines is 1.